The van der Waals surface area contributed by atoms with Crippen molar-refractivity contribution in [1.82, 2.24) is 9.97 Å². The molecule has 3 amide bonds. The van der Waals surface area contributed by atoms with Crippen LogP contribution in [0.2, 0.25) is 0 Å². The third-order valence-corrected chi connectivity index (χ3v) is 7.49. The minimum absolute atomic E-state index is 0.0226. The highest BCUT2D eigenvalue weighted by molar-refractivity contribution is 6.11. The van der Waals surface area contributed by atoms with E-state index in [4.69, 9.17) is 4.74 Å². The van der Waals surface area contributed by atoms with Gasteiger partial charge in [-0.15, -0.1) is 0 Å². The number of fused-ring (bicyclic) bond motifs is 3. The molecule has 0 aliphatic carbocycles. The fourth-order valence-electron chi connectivity index (χ4n) is 5.42. The van der Waals surface area contributed by atoms with Crippen LogP contribution in [0, 0.1) is 6.92 Å². The number of aromatic nitrogens is 2. The van der Waals surface area contributed by atoms with Gasteiger partial charge in [-0.1, -0.05) is 6.07 Å². The van der Waals surface area contributed by atoms with Crippen LogP contribution in [0.25, 0.3) is 11.0 Å². The summed E-state index contributed by atoms with van der Waals surface area (Å²) in [6, 6.07) is 10.3. The fourth-order valence-corrected chi connectivity index (χ4v) is 5.42. The van der Waals surface area contributed by atoms with Gasteiger partial charge in [0.2, 0.25) is 0 Å². The maximum Gasteiger partial charge on any atom is 0.418 e. The smallest absolute Gasteiger partial charge is 0.378 e. The molecule has 2 aliphatic heterocycles. The van der Waals surface area contributed by atoms with Crippen molar-refractivity contribution in [3.63, 3.8) is 0 Å². The molecule has 6 rings (SSSR count). The lowest BCUT2D eigenvalue weighted by atomic mass is 10.0. The highest BCUT2D eigenvalue weighted by Gasteiger charge is 2.36. The Hall–Kier alpha value is -4.58. The molecule has 1 fully saturated rings. The normalized spacial score (nSPS) is 15.8. The number of aryl methyl sites for hydroxylation is 1. The summed E-state index contributed by atoms with van der Waals surface area (Å²) in [5.41, 5.74) is 3.05. The van der Waals surface area contributed by atoms with E-state index < -0.39 is 17.6 Å². The summed E-state index contributed by atoms with van der Waals surface area (Å²) in [5, 5.41) is 3.54. The predicted octanol–water partition coefficient (Wildman–Crippen LogP) is 5.56. The molecule has 4 heterocycles. The van der Waals surface area contributed by atoms with E-state index in [-0.39, 0.29) is 23.8 Å². The number of ether oxygens (including phenoxy) is 1. The number of H-pyrrole nitrogens is 1. The lowest BCUT2D eigenvalue weighted by Gasteiger charge is -2.36. The molecule has 2 aromatic heterocycles. The van der Waals surface area contributed by atoms with Crippen LogP contribution in [0.15, 0.2) is 54.9 Å². The van der Waals surface area contributed by atoms with Gasteiger partial charge in [-0.05, 0) is 48.9 Å². The Bertz CT molecular complexity index is 1660. The van der Waals surface area contributed by atoms with Gasteiger partial charge in [-0.2, -0.15) is 13.2 Å². The van der Waals surface area contributed by atoms with Crippen molar-refractivity contribution < 1.29 is 27.5 Å². The van der Waals surface area contributed by atoms with Crippen molar-refractivity contribution >= 4 is 45.7 Å². The van der Waals surface area contributed by atoms with Crippen LogP contribution >= 0.6 is 0 Å². The van der Waals surface area contributed by atoms with Crippen molar-refractivity contribution in [3.8, 4) is 0 Å². The Morgan fingerprint density at radius 2 is 1.85 bits per heavy atom. The first-order valence-corrected chi connectivity index (χ1v) is 13.1. The highest BCUT2D eigenvalue weighted by Crippen LogP contribution is 2.39. The maximum atomic E-state index is 14.0. The zero-order chi connectivity index (χ0) is 28.9. The Morgan fingerprint density at radius 1 is 1.07 bits per heavy atom. The van der Waals surface area contributed by atoms with E-state index in [1.54, 1.807) is 52.3 Å². The van der Waals surface area contributed by atoms with Gasteiger partial charge < -0.3 is 19.9 Å². The summed E-state index contributed by atoms with van der Waals surface area (Å²) < 4.78 is 47.2. The Labute approximate surface area is 233 Å². The van der Waals surface area contributed by atoms with Gasteiger partial charge in [-0.3, -0.25) is 14.6 Å². The number of alkyl halides is 3. The van der Waals surface area contributed by atoms with Crippen molar-refractivity contribution in [2.45, 2.75) is 19.6 Å². The van der Waals surface area contributed by atoms with Crippen LogP contribution in [0.1, 0.15) is 27.0 Å². The number of aromatic amines is 1. The zero-order valence-corrected chi connectivity index (χ0v) is 22.4. The van der Waals surface area contributed by atoms with Crippen molar-refractivity contribution in [2.75, 3.05) is 53.4 Å². The lowest BCUT2D eigenvalue weighted by Crippen LogP contribution is -2.45. The summed E-state index contributed by atoms with van der Waals surface area (Å²) in [6.07, 6.45) is -1.14. The quantitative estimate of drug-likeness (QED) is 0.339. The van der Waals surface area contributed by atoms with Gasteiger partial charge in [-0.25, -0.2) is 9.78 Å². The molecule has 41 heavy (non-hydrogen) atoms. The van der Waals surface area contributed by atoms with Gasteiger partial charge in [0.25, 0.3) is 5.91 Å². The summed E-state index contributed by atoms with van der Waals surface area (Å²) in [5.74, 6) is -0.690. The molecule has 0 bridgehead atoms. The average Bonchev–Trinajstić information content (AvgIpc) is 3.44. The van der Waals surface area contributed by atoms with Crippen LogP contribution in [0.5, 0.6) is 0 Å². The predicted molar refractivity (Wildman–Crippen MR) is 150 cm³/mol. The molecule has 2 N–H and O–H groups in total. The number of morpholine rings is 1. The first kappa shape index (κ1) is 26.6. The second-order valence-electron chi connectivity index (χ2n) is 10.1. The van der Waals surface area contributed by atoms with Gasteiger partial charge >= 0.3 is 12.2 Å². The summed E-state index contributed by atoms with van der Waals surface area (Å²) in [6.45, 7) is 3.45. The zero-order valence-electron chi connectivity index (χ0n) is 22.4. The number of carbonyl (C=O) groups excluding carboxylic acids is 2. The summed E-state index contributed by atoms with van der Waals surface area (Å²) in [4.78, 5) is 38.9. The molecule has 1 saturated heterocycles. The number of hydrogen-bond acceptors (Lipinski definition) is 5. The Morgan fingerprint density at radius 3 is 2.61 bits per heavy atom. The monoisotopic (exact) mass is 564 g/mol. The van der Waals surface area contributed by atoms with E-state index in [0.29, 0.717) is 43.3 Å². The number of anilines is 4. The van der Waals surface area contributed by atoms with E-state index >= 15 is 0 Å². The van der Waals surface area contributed by atoms with E-state index in [2.05, 4.69) is 15.3 Å². The standard InChI is InChI=1S/C29H27F3N6O3/c1-17-3-5-20(14-24(17)38-16-19-15-34-26-21(7-8-33-26)25(19)36(2)28(38)40)35-27(39)18-4-6-23(22(13-18)29(30,31)32)37-9-11-41-12-10-37/h3-8,13-15H,9-12,16H2,1-2H3,(H,33,34)(H,35,39). The average molecular weight is 565 g/mol. The number of benzene rings is 2. The number of pyridine rings is 1. The van der Waals surface area contributed by atoms with Crippen LogP contribution < -0.4 is 20.0 Å². The second kappa shape index (κ2) is 10.1. The van der Waals surface area contributed by atoms with E-state index in [0.717, 1.165) is 28.3 Å². The van der Waals surface area contributed by atoms with Gasteiger partial charge in [0.1, 0.15) is 5.65 Å². The molecule has 0 saturated carbocycles. The maximum absolute atomic E-state index is 14.0. The largest absolute Gasteiger partial charge is 0.418 e. The minimum Gasteiger partial charge on any atom is -0.378 e. The van der Waals surface area contributed by atoms with Crippen LogP contribution in [-0.2, 0) is 17.5 Å². The van der Waals surface area contributed by atoms with E-state index in [1.807, 2.05) is 13.0 Å². The number of carbonyl (C=O) groups is 2. The number of amides is 3. The molecule has 0 radical (unpaired) electrons. The molecule has 0 spiro atoms. The molecule has 12 heteroatoms. The van der Waals surface area contributed by atoms with E-state index in [1.165, 1.54) is 12.1 Å². The second-order valence-corrected chi connectivity index (χ2v) is 10.1. The van der Waals surface area contributed by atoms with Crippen molar-refractivity contribution in [1.29, 1.82) is 0 Å². The van der Waals surface area contributed by atoms with Crippen LogP contribution in [0.3, 0.4) is 0 Å². The first-order valence-electron chi connectivity index (χ1n) is 13.1. The van der Waals surface area contributed by atoms with Crippen LogP contribution in [-0.4, -0.2) is 55.3 Å². The van der Waals surface area contributed by atoms with Gasteiger partial charge in [0.15, 0.2) is 0 Å². The first-order chi connectivity index (χ1) is 19.6. The molecule has 0 atom stereocenters. The highest BCUT2D eigenvalue weighted by atomic mass is 19.4. The van der Waals surface area contributed by atoms with E-state index in [9.17, 15) is 22.8 Å². The Kier molecular flexibility index (Phi) is 6.57. The number of halogens is 3. The molecular formula is C29H27F3N6O3. The molecule has 0 unspecified atom stereocenters. The fraction of sp³-hybridized carbons (Fsp3) is 0.276. The topological polar surface area (TPSA) is 93.8 Å². The van der Waals surface area contributed by atoms with Crippen molar-refractivity contribution in [2.24, 2.45) is 0 Å². The number of rotatable bonds is 4. The third kappa shape index (κ3) is 4.84. The molecule has 2 aliphatic rings. The van der Waals surface area contributed by atoms with Gasteiger partial charge in [0.05, 0.1) is 36.7 Å². The summed E-state index contributed by atoms with van der Waals surface area (Å²) in [7, 11) is 1.69. The molecule has 4 aromatic rings. The van der Waals surface area contributed by atoms with Crippen LogP contribution in [0.4, 0.5) is 40.7 Å². The molecular weight excluding hydrogens is 537 g/mol. The SMILES string of the molecule is Cc1ccc(NC(=O)c2ccc(N3CCOCC3)c(C(F)(F)F)c2)cc1N1Cc2cnc3[nH]ccc3c2N(C)C1=O. The van der Waals surface area contributed by atoms with Gasteiger partial charge in [0, 0.05) is 60.4 Å². The minimum atomic E-state index is -4.64. The number of hydrogen-bond donors (Lipinski definition) is 2. The Balaban J connectivity index is 1.28. The number of nitrogens with zero attached hydrogens (tertiary/aromatic N) is 4. The van der Waals surface area contributed by atoms with Crippen molar-refractivity contribution in [3.05, 3.63) is 77.1 Å². The third-order valence-electron chi connectivity index (χ3n) is 7.49. The lowest BCUT2D eigenvalue weighted by molar-refractivity contribution is -0.137. The summed E-state index contributed by atoms with van der Waals surface area (Å²) >= 11 is 0. The molecule has 9 nitrogen and oxygen atoms in total. The number of nitrogens with one attached hydrogen (secondary N) is 2. The molecule has 212 valence electrons. The molecule has 2 aromatic carbocycles. The number of urea groups is 1.